The summed E-state index contributed by atoms with van der Waals surface area (Å²) in [5.41, 5.74) is 2.55. The summed E-state index contributed by atoms with van der Waals surface area (Å²) in [6.45, 7) is 0.791. The molecule has 3 rings (SSSR count). The molecule has 3 aromatic carbocycles. The number of para-hydroxylation sites is 1. The molecule has 0 aliphatic rings. The quantitative estimate of drug-likeness (QED) is 0.442. The Balaban J connectivity index is 1.68. The molecule has 0 saturated carbocycles. The van der Waals surface area contributed by atoms with Gasteiger partial charge in [-0.25, -0.2) is 4.79 Å². The molecule has 0 aliphatic carbocycles. The van der Waals surface area contributed by atoms with Crippen molar-refractivity contribution in [1.82, 2.24) is 0 Å². The zero-order chi connectivity index (χ0) is 20.1. The van der Waals surface area contributed by atoms with E-state index in [9.17, 15) is 4.79 Å². The van der Waals surface area contributed by atoms with Gasteiger partial charge in [-0.1, -0.05) is 59.1 Å². The van der Waals surface area contributed by atoms with Crippen LogP contribution >= 0.6 is 34.8 Å². The zero-order valence-electron chi connectivity index (χ0n) is 14.6. The second-order valence-electron chi connectivity index (χ2n) is 5.99. The maximum Gasteiger partial charge on any atom is 0.337 e. The van der Waals surface area contributed by atoms with E-state index in [1.807, 2.05) is 30.3 Å². The van der Waals surface area contributed by atoms with E-state index in [0.717, 1.165) is 11.1 Å². The van der Waals surface area contributed by atoms with Gasteiger partial charge in [-0.3, -0.25) is 0 Å². The van der Waals surface area contributed by atoms with Crippen LogP contribution in [0.5, 0.6) is 5.75 Å². The van der Waals surface area contributed by atoms with Crippen LogP contribution in [0, 0.1) is 0 Å². The van der Waals surface area contributed by atoms with Crippen LogP contribution in [0.3, 0.4) is 0 Å². The highest BCUT2D eigenvalue weighted by molar-refractivity contribution is 6.35. The smallest absolute Gasteiger partial charge is 0.337 e. The van der Waals surface area contributed by atoms with E-state index < -0.39 is 5.97 Å². The number of hydrogen-bond donors (Lipinski definition) is 2. The van der Waals surface area contributed by atoms with Crippen molar-refractivity contribution in [3.8, 4) is 5.75 Å². The van der Waals surface area contributed by atoms with Crippen molar-refractivity contribution in [2.24, 2.45) is 0 Å². The maximum absolute atomic E-state index is 11.1. The van der Waals surface area contributed by atoms with Crippen molar-refractivity contribution in [3.63, 3.8) is 0 Å². The minimum atomic E-state index is -1.06. The molecule has 7 heteroatoms. The van der Waals surface area contributed by atoms with Crippen molar-refractivity contribution >= 4 is 46.5 Å². The molecule has 0 fully saturated rings. The fraction of sp³-hybridized carbons (Fsp3) is 0.0952. The number of carboxylic acid groups (broad SMARTS) is 1. The first-order valence-corrected chi connectivity index (χ1v) is 9.49. The van der Waals surface area contributed by atoms with Gasteiger partial charge >= 0.3 is 5.97 Å². The molecule has 0 atom stereocenters. The number of benzene rings is 3. The Bertz CT molecular complexity index is 1010. The Hall–Kier alpha value is -2.40. The first-order valence-electron chi connectivity index (χ1n) is 8.35. The van der Waals surface area contributed by atoms with E-state index in [2.05, 4.69) is 5.32 Å². The van der Waals surface area contributed by atoms with Crippen molar-refractivity contribution in [2.75, 3.05) is 5.32 Å². The Morgan fingerprint density at radius 2 is 1.71 bits per heavy atom. The van der Waals surface area contributed by atoms with Crippen LogP contribution in [0.2, 0.25) is 15.1 Å². The predicted octanol–water partition coefficient (Wildman–Crippen LogP) is 6.54. The number of ether oxygens (including phenoxy) is 1. The van der Waals surface area contributed by atoms with Crippen LogP contribution in [0.1, 0.15) is 21.5 Å². The highest BCUT2D eigenvalue weighted by Crippen LogP contribution is 2.26. The summed E-state index contributed by atoms with van der Waals surface area (Å²) >= 11 is 18.1. The molecule has 0 bridgehead atoms. The Morgan fingerprint density at radius 1 is 0.929 bits per heavy atom. The first-order chi connectivity index (χ1) is 13.4. The minimum Gasteiger partial charge on any atom is -0.488 e. The van der Waals surface area contributed by atoms with Gasteiger partial charge < -0.3 is 15.2 Å². The third-order valence-electron chi connectivity index (χ3n) is 4.05. The van der Waals surface area contributed by atoms with Crippen molar-refractivity contribution < 1.29 is 14.6 Å². The van der Waals surface area contributed by atoms with E-state index >= 15 is 0 Å². The van der Waals surface area contributed by atoms with Gasteiger partial charge in [0.05, 0.1) is 10.6 Å². The third-order valence-corrected chi connectivity index (χ3v) is 4.95. The largest absolute Gasteiger partial charge is 0.488 e. The lowest BCUT2D eigenvalue weighted by atomic mass is 10.1. The molecule has 0 heterocycles. The average molecular weight is 437 g/mol. The Kier molecular flexibility index (Phi) is 6.68. The van der Waals surface area contributed by atoms with Gasteiger partial charge in [0.1, 0.15) is 12.4 Å². The molecular weight excluding hydrogens is 421 g/mol. The number of rotatable bonds is 7. The highest BCUT2D eigenvalue weighted by atomic mass is 35.5. The molecule has 0 saturated heterocycles. The van der Waals surface area contributed by atoms with Crippen LogP contribution in [0.25, 0.3) is 0 Å². The Labute approximate surface area is 177 Å². The van der Waals surface area contributed by atoms with Gasteiger partial charge in [0.25, 0.3) is 0 Å². The SMILES string of the molecule is O=C(O)c1ccc(NCc2ccccc2OCc2ccc(Cl)cc2Cl)cc1Cl. The highest BCUT2D eigenvalue weighted by Gasteiger charge is 2.10. The summed E-state index contributed by atoms with van der Waals surface area (Å²) in [7, 11) is 0. The minimum absolute atomic E-state index is 0.0655. The van der Waals surface area contributed by atoms with Crippen molar-refractivity contribution in [1.29, 1.82) is 0 Å². The van der Waals surface area contributed by atoms with E-state index in [-0.39, 0.29) is 10.6 Å². The van der Waals surface area contributed by atoms with E-state index in [0.29, 0.717) is 34.6 Å². The van der Waals surface area contributed by atoms with Crippen LogP contribution in [0.15, 0.2) is 60.7 Å². The topological polar surface area (TPSA) is 58.6 Å². The number of nitrogens with one attached hydrogen (secondary N) is 1. The van der Waals surface area contributed by atoms with Crippen LogP contribution in [-0.4, -0.2) is 11.1 Å². The zero-order valence-corrected chi connectivity index (χ0v) is 16.9. The second kappa shape index (κ2) is 9.20. The number of hydrogen-bond acceptors (Lipinski definition) is 3. The molecular formula is C21H16Cl3NO3. The third kappa shape index (κ3) is 5.10. The number of carbonyl (C=O) groups is 1. The molecule has 28 heavy (non-hydrogen) atoms. The normalized spacial score (nSPS) is 10.5. The molecule has 0 radical (unpaired) electrons. The van der Waals surface area contributed by atoms with Crippen LogP contribution < -0.4 is 10.1 Å². The second-order valence-corrected chi connectivity index (χ2v) is 7.24. The van der Waals surface area contributed by atoms with Gasteiger partial charge in [-0.15, -0.1) is 0 Å². The summed E-state index contributed by atoms with van der Waals surface area (Å²) in [5, 5.41) is 13.6. The first kappa shape index (κ1) is 20.3. The molecule has 0 unspecified atom stereocenters. The van der Waals surface area contributed by atoms with Gasteiger partial charge in [-0.05, 0) is 36.4 Å². The number of anilines is 1. The fourth-order valence-corrected chi connectivity index (χ4v) is 3.31. The summed E-state index contributed by atoms with van der Waals surface area (Å²) < 4.78 is 5.94. The lowest BCUT2D eigenvalue weighted by Gasteiger charge is -2.14. The molecule has 0 spiro atoms. The fourth-order valence-electron chi connectivity index (χ4n) is 2.58. The van der Waals surface area contributed by atoms with Crippen molar-refractivity contribution in [3.05, 3.63) is 92.4 Å². The van der Waals surface area contributed by atoms with E-state index in [1.165, 1.54) is 6.07 Å². The molecule has 3 aromatic rings. The summed E-state index contributed by atoms with van der Waals surface area (Å²) in [4.78, 5) is 11.1. The molecule has 144 valence electrons. The van der Waals surface area contributed by atoms with Gasteiger partial charge in [0.15, 0.2) is 0 Å². The summed E-state index contributed by atoms with van der Waals surface area (Å²) in [6, 6.07) is 17.6. The molecule has 0 amide bonds. The molecule has 0 aliphatic heterocycles. The van der Waals surface area contributed by atoms with E-state index in [4.69, 9.17) is 44.6 Å². The molecule has 2 N–H and O–H groups in total. The van der Waals surface area contributed by atoms with Crippen LogP contribution in [0.4, 0.5) is 5.69 Å². The molecule has 4 nitrogen and oxygen atoms in total. The van der Waals surface area contributed by atoms with Gasteiger partial charge in [-0.2, -0.15) is 0 Å². The van der Waals surface area contributed by atoms with E-state index in [1.54, 1.807) is 24.3 Å². The van der Waals surface area contributed by atoms with Gasteiger partial charge in [0, 0.05) is 33.4 Å². The number of halogens is 3. The van der Waals surface area contributed by atoms with Gasteiger partial charge in [0.2, 0.25) is 0 Å². The predicted molar refractivity (Wildman–Crippen MR) is 113 cm³/mol. The van der Waals surface area contributed by atoms with Crippen molar-refractivity contribution in [2.45, 2.75) is 13.2 Å². The summed E-state index contributed by atoms with van der Waals surface area (Å²) in [6.07, 6.45) is 0. The standard InChI is InChI=1S/C21H16Cl3NO3/c22-15-6-5-14(18(23)9-15)12-28-20-4-2-1-3-13(20)11-25-16-7-8-17(21(26)27)19(24)10-16/h1-10,25H,11-12H2,(H,26,27). The Morgan fingerprint density at radius 3 is 2.43 bits per heavy atom. The summed E-state index contributed by atoms with van der Waals surface area (Å²) in [5.74, 6) is -0.342. The maximum atomic E-state index is 11.1. The number of carboxylic acids is 1. The lowest BCUT2D eigenvalue weighted by Crippen LogP contribution is -2.05. The monoisotopic (exact) mass is 435 g/mol. The average Bonchev–Trinajstić information content (AvgIpc) is 2.66. The van der Waals surface area contributed by atoms with Crippen LogP contribution in [-0.2, 0) is 13.2 Å². The molecule has 0 aromatic heterocycles. The lowest BCUT2D eigenvalue weighted by molar-refractivity contribution is 0.0697. The number of aromatic carboxylic acids is 1.